The van der Waals surface area contributed by atoms with Crippen LogP contribution in [0.3, 0.4) is 0 Å². The molecule has 8 heteroatoms. The molecule has 1 atom stereocenters. The summed E-state index contributed by atoms with van der Waals surface area (Å²) in [5.74, 6) is 2.00. The first-order chi connectivity index (χ1) is 14.3. The highest BCUT2D eigenvalue weighted by Crippen LogP contribution is 2.19. The lowest BCUT2D eigenvalue weighted by Crippen LogP contribution is -2.57. The van der Waals surface area contributed by atoms with E-state index >= 15 is 0 Å². The largest absolute Gasteiger partial charge is 0.444 e. The fourth-order valence-corrected chi connectivity index (χ4v) is 4.14. The first-order valence-electron chi connectivity index (χ1n) is 10.8. The average molecular weight is 413 g/mol. The predicted octanol–water partition coefficient (Wildman–Crippen LogP) is 2.62. The Hall–Kier alpha value is -2.77. The first-order valence-corrected chi connectivity index (χ1v) is 10.8. The van der Waals surface area contributed by atoms with Gasteiger partial charge in [-0.2, -0.15) is 0 Å². The maximum atomic E-state index is 12.4. The topological polar surface area (TPSA) is 75.0 Å². The number of benzene rings is 1. The first kappa shape index (κ1) is 20.5. The van der Waals surface area contributed by atoms with E-state index in [9.17, 15) is 4.79 Å². The monoisotopic (exact) mass is 412 g/mol. The fraction of sp³-hybridized carbons (Fsp3) is 0.591. The Morgan fingerprint density at radius 1 is 1.27 bits per heavy atom. The molecule has 0 aliphatic carbocycles. The molecule has 1 fully saturated rings. The van der Waals surface area contributed by atoms with Crippen molar-refractivity contribution in [1.29, 1.82) is 0 Å². The molecular formula is C22H32N6O2. The molecule has 2 aliphatic rings. The molecule has 0 bridgehead atoms. The number of carbonyl (C=O) groups is 1. The maximum Gasteiger partial charge on any atom is 0.410 e. The molecule has 162 valence electrons. The summed E-state index contributed by atoms with van der Waals surface area (Å²) < 4.78 is 7.79. The molecular weight excluding hydrogens is 380 g/mol. The number of aryl methyl sites for hydroxylation is 2. The van der Waals surface area contributed by atoms with Crippen molar-refractivity contribution in [3.05, 3.63) is 30.1 Å². The summed E-state index contributed by atoms with van der Waals surface area (Å²) in [6.45, 7) is 12.3. The van der Waals surface area contributed by atoms with Crippen molar-refractivity contribution in [2.75, 3.05) is 32.7 Å². The zero-order valence-corrected chi connectivity index (χ0v) is 18.4. The number of carbonyl (C=O) groups excluding carboxylic acids is 1. The lowest BCUT2D eigenvalue weighted by Gasteiger charge is -2.39. The van der Waals surface area contributed by atoms with Gasteiger partial charge in [-0.15, -0.1) is 0 Å². The molecule has 0 radical (unpaired) electrons. The Morgan fingerprint density at radius 3 is 2.87 bits per heavy atom. The Labute approximate surface area is 177 Å². The minimum absolute atomic E-state index is 0.230. The van der Waals surface area contributed by atoms with E-state index in [1.807, 2.05) is 26.8 Å². The molecule has 8 nitrogen and oxygen atoms in total. The normalized spacial score (nSPS) is 19.1. The summed E-state index contributed by atoms with van der Waals surface area (Å²) >= 11 is 0. The molecule has 1 saturated heterocycles. The smallest absolute Gasteiger partial charge is 0.410 e. The highest BCUT2D eigenvalue weighted by atomic mass is 16.6. The van der Waals surface area contributed by atoms with Gasteiger partial charge in [0.25, 0.3) is 0 Å². The van der Waals surface area contributed by atoms with Gasteiger partial charge in [0.2, 0.25) is 0 Å². The molecule has 1 unspecified atom stereocenters. The highest BCUT2D eigenvalue weighted by molar-refractivity contribution is 5.82. The van der Waals surface area contributed by atoms with Crippen molar-refractivity contribution in [1.82, 2.24) is 24.7 Å². The standard InChI is InChI=1S/C22H32N6O2/c1-16-25-18-8-5-6-9-19(18)27(16)11-7-10-23-20-24-14-17-15-26(12-13-28(17)20)21(29)30-22(2,3)4/h5-6,8-9,17H,7,10-15H2,1-4H3,(H,23,24). The van der Waals surface area contributed by atoms with Crippen LogP contribution < -0.4 is 5.32 Å². The number of rotatable bonds is 4. The van der Waals surface area contributed by atoms with Crippen LogP contribution in [0.1, 0.15) is 33.0 Å². The summed E-state index contributed by atoms with van der Waals surface area (Å²) in [5, 5.41) is 3.50. The number of aromatic nitrogens is 2. The summed E-state index contributed by atoms with van der Waals surface area (Å²) in [5.41, 5.74) is 1.77. The average Bonchev–Trinajstić information content (AvgIpc) is 3.23. The number of nitrogens with one attached hydrogen (secondary N) is 1. The number of piperazine rings is 1. The second-order valence-electron chi connectivity index (χ2n) is 9.02. The minimum Gasteiger partial charge on any atom is -0.444 e. The van der Waals surface area contributed by atoms with Crippen LogP contribution in [0, 0.1) is 6.92 Å². The number of nitrogens with zero attached hydrogens (tertiary/aromatic N) is 5. The van der Waals surface area contributed by atoms with Gasteiger partial charge in [-0.05, 0) is 46.2 Å². The van der Waals surface area contributed by atoms with Gasteiger partial charge in [-0.3, -0.25) is 4.99 Å². The van der Waals surface area contributed by atoms with Crippen LogP contribution in [0.4, 0.5) is 4.79 Å². The summed E-state index contributed by atoms with van der Waals surface area (Å²) in [4.78, 5) is 25.8. The van der Waals surface area contributed by atoms with Gasteiger partial charge in [0.1, 0.15) is 11.4 Å². The van der Waals surface area contributed by atoms with Crippen molar-refractivity contribution in [2.24, 2.45) is 4.99 Å². The highest BCUT2D eigenvalue weighted by Gasteiger charge is 2.36. The molecule has 1 amide bonds. The van der Waals surface area contributed by atoms with Crippen LogP contribution in [0.25, 0.3) is 11.0 Å². The van der Waals surface area contributed by atoms with Gasteiger partial charge in [-0.1, -0.05) is 12.1 Å². The van der Waals surface area contributed by atoms with Gasteiger partial charge in [0.15, 0.2) is 5.96 Å². The zero-order valence-electron chi connectivity index (χ0n) is 18.4. The van der Waals surface area contributed by atoms with Gasteiger partial charge in [0, 0.05) is 32.7 Å². The quantitative estimate of drug-likeness (QED) is 0.782. The maximum absolute atomic E-state index is 12.4. The van der Waals surface area contributed by atoms with Gasteiger partial charge in [0.05, 0.1) is 23.6 Å². The Morgan fingerprint density at radius 2 is 2.07 bits per heavy atom. The number of hydrogen-bond donors (Lipinski definition) is 1. The summed E-state index contributed by atoms with van der Waals surface area (Å²) in [6, 6.07) is 8.49. The number of fused-ring (bicyclic) bond motifs is 2. The molecule has 1 aromatic carbocycles. The van der Waals surface area contributed by atoms with E-state index in [4.69, 9.17) is 4.74 Å². The number of para-hydroxylation sites is 2. The number of ether oxygens (including phenoxy) is 1. The number of hydrogen-bond acceptors (Lipinski definition) is 6. The van der Waals surface area contributed by atoms with Crippen molar-refractivity contribution in [3.63, 3.8) is 0 Å². The molecule has 0 spiro atoms. The van der Waals surface area contributed by atoms with E-state index in [0.29, 0.717) is 19.6 Å². The van der Waals surface area contributed by atoms with Crippen LogP contribution in [0.5, 0.6) is 0 Å². The lowest BCUT2D eigenvalue weighted by atomic mass is 10.2. The third kappa shape index (κ3) is 4.37. The fourth-order valence-electron chi connectivity index (χ4n) is 4.14. The molecule has 2 aliphatic heterocycles. The van der Waals surface area contributed by atoms with Crippen molar-refractivity contribution in [3.8, 4) is 0 Å². The number of amides is 1. The molecule has 1 aromatic heterocycles. The Kier molecular flexibility index (Phi) is 5.58. The second-order valence-corrected chi connectivity index (χ2v) is 9.02. The van der Waals surface area contributed by atoms with E-state index in [1.54, 1.807) is 4.90 Å². The molecule has 30 heavy (non-hydrogen) atoms. The van der Waals surface area contributed by atoms with Gasteiger partial charge >= 0.3 is 6.09 Å². The molecule has 2 aromatic rings. The lowest BCUT2D eigenvalue weighted by molar-refractivity contribution is 0.0137. The van der Waals surface area contributed by atoms with E-state index in [2.05, 4.69) is 49.9 Å². The van der Waals surface area contributed by atoms with E-state index < -0.39 is 5.60 Å². The van der Waals surface area contributed by atoms with Crippen LogP contribution >= 0.6 is 0 Å². The van der Waals surface area contributed by atoms with Crippen LogP contribution in [-0.4, -0.2) is 75.8 Å². The summed E-state index contributed by atoms with van der Waals surface area (Å²) in [6.07, 6.45) is 0.759. The number of guanidine groups is 1. The molecule has 0 saturated carbocycles. The van der Waals surface area contributed by atoms with Crippen molar-refractivity contribution < 1.29 is 9.53 Å². The zero-order chi connectivity index (χ0) is 21.3. The van der Waals surface area contributed by atoms with Crippen LogP contribution in [0.15, 0.2) is 29.3 Å². The third-order valence-corrected chi connectivity index (χ3v) is 5.55. The van der Waals surface area contributed by atoms with E-state index in [0.717, 1.165) is 43.4 Å². The third-order valence-electron chi connectivity index (χ3n) is 5.55. The van der Waals surface area contributed by atoms with Crippen molar-refractivity contribution >= 4 is 23.1 Å². The SMILES string of the molecule is Cc1nc2ccccc2n1CCCNC1=NCC2CN(C(=O)OC(C)(C)C)CCN12. The van der Waals surface area contributed by atoms with Crippen LogP contribution in [-0.2, 0) is 11.3 Å². The second kappa shape index (κ2) is 8.16. The van der Waals surface area contributed by atoms with Gasteiger partial charge in [-0.25, -0.2) is 9.78 Å². The minimum atomic E-state index is -0.466. The molecule has 3 heterocycles. The van der Waals surface area contributed by atoms with Crippen molar-refractivity contribution in [2.45, 2.75) is 52.3 Å². The Balaban J connectivity index is 1.25. The van der Waals surface area contributed by atoms with E-state index in [-0.39, 0.29) is 12.1 Å². The Bertz CT molecular complexity index is 945. The predicted molar refractivity (Wildman–Crippen MR) is 118 cm³/mol. The number of aliphatic imine (C=N–C) groups is 1. The molecule has 1 N–H and O–H groups in total. The van der Waals surface area contributed by atoms with Crippen LogP contribution in [0.2, 0.25) is 0 Å². The van der Waals surface area contributed by atoms with E-state index in [1.165, 1.54) is 5.52 Å². The molecule has 4 rings (SSSR count). The summed E-state index contributed by atoms with van der Waals surface area (Å²) in [7, 11) is 0. The van der Waals surface area contributed by atoms with Gasteiger partial charge < -0.3 is 24.4 Å². The number of imidazole rings is 1.